The van der Waals surface area contributed by atoms with Crippen LogP contribution < -0.4 is 5.30 Å². The molecule has 7 aromatic carbocycles. The Morgan fingerprint density at radius 2 is 0.848 bits per heavy atom. The first-order valence-corrected chi connectivity index (χ1v) is 17.3. The van der Waals surface area contributed by atoms with Crippen molar-refractivity contribution in [3.05, 3.63) is 164 Å². The van der Waals surface area contributed by atoms with Crippen molar-refractivity contribution in [2.45, 2.75) is 0 Å². The van der Waals surface area contributed by atoms with Gasteiger partial charge in [-0.3, -0.25) is 13.2 Å². The fraction of sp³-hybridized carbons (Fsp3) is 0. The molecule has 46 heavy (non-hydrogen) atoms. The van der Waals surface area contributed by atoms with Gasteiger partial charge in [-0.15, -0.1) is 0 Å². The number of hydrogen-bond donors (Lipinski definition) is 0. The molecule has 0 aliphatic carbocycles. The van der Waals surface area contributed by atoms with Crippen molar-refractivity contribution < 1.29 is 4.57 Å². The van der Waals surface area contributed by atoms with E-state index in [0.29, 0.717) is 0 Å². The number of fused-ring (bicyclic) bond motifs is 6. The Balaban J connectivity index is 1.21. The number of nitrogens with zero attached hydrogens (tertiary/aromatic N) is 2. The van der Waals surface area contributed by atoms with Gasteiger partial charge < -0.3 is 0 Å². The summed E-state index contributed by atoms with van der Waals surface area (Å²) in [4.78, 5) is 0. The molecule has 0 saturated carbocycles. The van der Waals surface area contributed by atoms with Crippen LogP contribution in [0.2, 0.25) is 0 Å². The Hall–Kier alpha value is -5.63. The summed E-state index contributed by atoms with van der Waals surface area (Å²) >= 11 is 0. The smallest absolute Gasteiger partial charge is 0.269 e. The largest absolute Gasteiger partial charge is 0.301 e. The molecule has 0 fully saturated rings. The highest BCUT2D eigenvalue weighted by molar-refractivity contribution is 7.70. The van der Waals surface area contributed by atoms with Gasteiger partial charge in [-0.1, -0.05) is 133 Å². The van der Waals surface area contributed by atoms with Gasteiger partial charge in [0.05, 0.1) is 27.4 Å². The van der Waals surface area contributed by atoms with Gasteiger partial charge in [-0.05, 0) is 63.7 Å². The lowest BCUT2D eigenvalue weighted by atomic mass is 9.91. The van der Waals surface area contributed by atoms with E-state index in [4.69, 9.17) is 0 Å². The standard InChI is InChI=1S/C42H27N2OP/c45-46(43-39-17-9-7-15-34(39)36-25-26-37-35-16-8-10-18-40(35)44(46)42(37)41(36)43)32-22-19-30(20-23-32)38-27-31(28-11-3-1-4-12-28)21-24-33(38)29-13-5-2-6-14-29/h1-27H. The van der Waals surface area contributed by atoms with E-state index in [0.717, 1.165) is 60.0 Å². The summed E-state index contributed by atoms with van der Waals surface area (Å²) in [5.74, 6) is 0. The van der Waals surface area contributed by atoms with E-state index in [1.54, 1.807) is 0 Å². The molecule has 0 spiro atoms. The third kappa shape index (κ3) is 3.36. The highest BCUT2D eigenvalue weighted by Crippen LogP contribution is 2.62. The second-order valence-corrected chi connectivity index (χ2v) is 14.5. The summed E-state index contributed by atoms with van der Waals surface area (Å²) in [7, 11) is -3.36. The first-order valence-electron chi connectivity index (χ1n) is 15.6. The number of para-hydroxylation sites is 2. The van der Waals surface area contributed by atoms with E-state index in [-0.39, 0.29) is 0 Å². The first-order chi connectivity index (χ1) is 22.7. The molecule has 3 nitrogen and oxygen atoms in total. The van der Waals surface area contributed by atoms with Crippen LogP contribution in [-0.2, 0) is 4.57 Å². The average Bonchev–Trinajstić information content (AvgIpc) is 3.75. The molecular weight excluding hydrogens is 579 g/mol. The SMILES string of the molecule is O=P1(c2ccc(-c3cc(-c4ccccc4)ccc3-c3ccccc3)cc2)n2c3ccccc3c3ccc4c5ccccc5n1c4c32. The van der Waals surface area contributed by atoms with Gasteiger partial charge >= 0.3 is 7.44 Å². The first kappa shape index (κ1) is 25.7. The molecule has 1 aliphatic rings. The van der Waals surface area contributed by atoms with Crippen molar-refractivity contribution in [3.63, 3.8) is 0 Å². The van der Waals surface area contributed by atoms with Crippen LogP contribution in [0.15, 0.2) is 164 Å². The van der Waals surface area contributed by atoms with E-state index in [1.807, 2.05) is 18.2 Å². The molecule has 0 radical (unpaired) electrons. The molecule has 0 N–H and O–H groups in total. The van der Waals surface area contributed by atoms with Crippen LogP contribution in [0, 0.1) is 0 Å². The highest BCUT2D eigenvalue weighted by atomic mass is 31.2. The maximum Gasteiger partial charge on any atom is 0.301 e. The van der Waals surface area contributed by atoms with Crippen molar-refractivity contribution >= 4 is 56.4 Å². The number of aromatic nitrogens is 2. The highest BCUT2D eigenvalue weighted by Gasteiger charge is 2.41. The van der Waals surface area contributed by atoms with Crippen molar-refractivity contribution in [3.8, 4) is 33.4 Å². The molecule has 3 heterocycles. The van der Waals surface area contributed by atoms with E-state index < -0.39 is 7.44 Å². The lowest BCUT2D eigenvalue weighted by Gasteiger charge is -2.21. The van der Waals surface area contributed by atoms with Crippen LogP contribution in [-0.4, -0.2) is 8.68 Å². The summed E-state index contributed by atoms with van der Waals surface area (Å²) in [5, 5.41) is 5.38. The van der Waals surface area contributed by atoms with Gasteiger partial charge in [0.25, 0.3) is 0 Å². The minimum absolute atomic E-state index is 0.818. The predicted octanol–water partition coefficient (Wildman–Crippen LogP) is 11.1. The van der Waals surface area contributed by atoms with Crippen LogP contribution in [0.1, 0.15) is 0 Å². The fourth-order valence-corrected chi connectivity index (χ4v) is 10.7. The van der Waals surface area contributed by atoms with Crippen molar-refractivity contribution in [1.29, 1.82) is 0 Å². The topological polar surface area (TPSA) is 26.9 Å². The Morgan fingerprint density at radius 3 is 1.43 bits per heavy atom. The fourth-order valence-electron chi connectivity index (χ4n) is 7.64. The number of rotatable bonds is 4. The molecule has 4 heteroatoms. The number of benzene rings is 7. The second kappa shape index (κ2) is 9.44. The zero-order valence-corrected chi connectivity index (χ0v) is 25.7. The quantitative estimate of drug-likeness (QED) is 0.183. The molecule has 0 bridgehead atoms. The van der Waals surface area contributed by atoms with E-state index in [9.17, 15) is 0 Å². The molecule has 0 saturated heterocycles. The Morgan fingerprint density at radius 1 is 0.370 bits per heavy atom. The zero-order chi connectivity index (χ0) is 30.4. The van der Waals surface area contributed by atoms with Gasteiger partial charge in [0.2, 0.25) is 0 Å². The Kier molecular flexibility index (Phi) is 5.27. The molecule has 216 valence electrons. The summed E-state index contributed by atoms with van der Waals surface area (Å²) in [6.45, 7) is 0. The molecule has 0 atom stereocenters. The van der Waals surface area contributed by atoms with Crippen LogP contribution >= 0.6 is 7.44 Å². The third-order valence-corrected chi connectivity index (χ3v) is 12.6. The molecule has 0 amide bonds. The summed E-state index contributed by atoms with van der Waals surface area (Å²) in [6, 6.07) is 57.4. The minimum Gasteiger partial charge on any atom is -0.269 e. The molecule has 0 unspecified atom stereocenters. The van der Waals surface area contributed by atoms with Crippen LogP contribution in [0.4, 0.5) is 0 Å². The van der Waals surface area contributed by atoms with Gasteiger partial charge in [0.1, 0.15) is 0 Å². The average molecular weight is 607 g/mol. The minimum atomic E-state index is -3.36. The molecular formula is C42H27N2OP. The van der Waals surface area contributed by atoms with Gasteiger partial charge in [0, 0.05) is 21.5 Å². The molecule has 10 rings (SSSR count). The normalized spacial score (nSPS) is 13.5. The summed E-state index contributed by atoms with van der Waals surface area (Å²) in [5.41, 5.74) is 11.1. The van der Waals surface area contributed by atoms with Crippen molar-refractivity contribution in [2.75, 3.05) is 0 Å². The van der Waals surface area contributed by atoms with E-state index in [2.05, 4.69) is 154 Å². The third-order valence-electron chi connectivity index (χ3n) is 9.69. The van der Waals surface area contributed by atoms with Gasteiger partial charge in [-0.25, -0.2) is 0 Å². The maximum atomic E-state index is 16.0. The Bertz CT molecular complexity index is 2600. The van der Waals surface area contributed by atoms with Gasteiger partial charge in [-0.2, -0.15) is 0 Å². The maximum absolute atomic E-state index is 16.0. The van der Waals surface area contributed by atoms with Crippen LogP contribution in [0.5, 0.6) is 0 Å². The van der Waals surface area contributed by atoms with Crippen molar-refractivity contribution in [1.82, 2.24) is 8.68 Å². The molecule has 1 aliphatic heterocycles. The second-order valence-electron chi connectivity index (χ2n) is 12.1. The van der Waals surface area contributed by atoms with Crippen LogP contribution in [0.3, 0.4) is 0 Å². The van der Waals surface area contributed by atoms with Gasteiger partial charge in [0.15, 0.2) is 0 Å². The lowest BCUT2D eigenvalue weighted by molar-refractivity contribution is 0.574. The van der Waals surface area contributed by atoms with E-state index in [1.165, 1.54) is 22.3 Å². The molecule has 9 aromatic rings. The lowest BCUT2D eigenvalue weighted by Crippen LogP contribution is -2.14. The van der Waals surface area contributed by atoms with Crippen molar-refractivity contribution in [2.24, 2.45) is 0 Å². The zero-order valence-electron chi connectivity index (χ0n) is 24.8. The summed E-state index contributed by atoms with van der Waals surface area (Å²) in [6.07, 6.45) is 0. The predicted molar refractivity (Wildman–Crippen MR) is 193 cm³/mol. The molecule has 2 aromatic heterocycles. The Labute approximate surface area is 266 Å². The summed E-state index contributed by atoms with van der Waals surface area (Å²) < 4.78 is 20.3. The number of hydrogen-bond acceptors (Lipinski definition) is 1. The van der Waals surface area contributed by atoms with E-state index >= 15 is 4.57 Å². The van der Waals surface area contributed by atoms with Crippen LogP contribution in [0.25, 0.3) is 77.0 Å². The monoisotopic (exact) mass is 606 g/mol.